The summed E-state index contributed by atoms with van der Waals surface area (Å²) < 4.78 is 5.22. The number of hydrogen-bond acceptors (Lipinski definition) is 2. The summed E-state index contributed by atoms with van der Waals surface area (Å²) in [7, 11) is 0. The molecule has 0 atom stereocenters. The van der Waals surface area contributed by atoms with E-state index in [0.717, 1.165) is 22.4 Å². The summed E-state index contributed by atoms with van der Waals surface area (Å²) >= 11 is 0. The molecule has 1 aromatic carbocycles. The van der Waals surface area contributed by atoms with Crippen LogP contribution in [0.15, 0.2) is 49.2 Å². The quantitative estimate of drug-likeness (QED) is 0.833. The molecule has 98 valence electrons. The van der Waals surface area contributed by atoms with Crippen LogP contribution in [0.25, 0.3) is 5.57 Å². The third-order valence-corrected chi connectivity index (χ3v) is 2.84. The maximum absolute atomic E-state index is 11.6. The van der Waals surface area contributed by atoms with Crippen molar-refractivity contribution in [2.24, 2.45) is 0 Å². The van der Waals surface area contributed by atoms with Gasteiger partial charge in [-0.15, -0.1) is 0 Å². The van der Waals surface area contributed by atoms with E-state index in [1.807, 2.05) is 43.3 Å². The maximum Gasteiger partial charge on any atom is 0.312 e. The number of esters is 1. The number of H-pyrrole nitrogens is 1. The number of benzene rings is 1. The van der Waals surface area contributed by atoms with Crippen LogP contribution in [0.3, 0.4) is 0 Å². The monoisotopic (exact) mass is 255 g/mol. The Kier molecular flexibility index (Phi) is 4.18. The highest BCUT2D eigenvalue weighted by atomic mass is 16.5. The molecule has 1 aromatic heterocycles. The van der Waals surface area contributed by atoms with Gasteiger partial charge in [0, 0.05) is 11.9 Å². The van der Waals surface area contributed by atoms with Gasteiger partial charge in [0.15, 0.2) is 0 Å². The lowest BCUT2D eigenvalue weighted by molar-refractivity contribution is -0.144. The van der Waals surface area contributed by atoms with Gasteiger partial charge in [-0.25, -0.2) is 0 Å². The predicted octanol–water partition coefficient (Wildman–Crippen LogP) is 3.33. The molecule has 0 fully saturated rings. The molecule has 19 heavy (non-hydrogen) atoms. The van der Waals surface area contributed by atoms with Crippen LogP contribution < -0.4 is 0 Å². The lowest BCUT2D eigenvalue weighted by Gasteiger charge is -2.05. The van der Waals surface area contributed by atoms with Gasteiger partial charge >= 0.3 is 5.97 Å². The fraction of sp³-hybridized carbons (Fsp3) is 0.188. The number of hydrogen-bond donors (Lipinski definition) is 1. The summed E-state index contributed by atoms with van der Waals surface area (Å²) in [5, 5.41) is 0. The molecule has 1 heterocycles. The summed E-state index contributed by atoms with van der Waals surface area (Å²) in [6.45, 7) is 6.15. The molecule has 0 bridgehead atoms. The summed E-state index contributed by atoms with van der Waals surface area (Å²) in [5.74, 6) is -0.230. The highest BCUT2D eigenvalue weighted by Crippen LogP contribution is 2.13. The molecule has 0 unspecified atom stereocenters. The van der Waals surface area contributed by atoms with Gasteiger partial charge in [0.2, 0.25) is 0 Å². The van der Waals surface area contributed by atoms with Gasteiger partial charge in [0.25, 0.3) is 0 Å². The molecular weight excluding hydrogens is 238 g/mol. The summed E-state index contributed by atoms with van der Waals surface area (Å²) in [6.07, 6.45) is 2.07. The van der Waals surface area contributed by atoms with Crippen LogP contribution in [0, 0.1) is 0 Å². The summed E-state index contributed by atoms with van der Waals surface area (Å²) in [6, 6.07) is 11.6. The number of ether oxygens (including phenoxy) is 1. The zero-order chi connectivity index (χ0) is 13.7. The van der Waals surface area contributed by atoms with E-state index in [9.17, 15) is 4.79 Å². The van der Waals surface area contributed by atoms with E-state index in [2.05, 4.69) is 11.6 Å². The van der Waals surface area contributed by atoms with Crippen molar-refractivity contribution in [1.82, 2.24) is 4.98 Å². The first-order valence-corrected chi connectivity index (χ1v) is 6.18. The fourth-order valence-corrected chi connectivity index (χ4v) is 1.73. The van der Waals surface area contributed by atoms with Crippen molar-refractivity contribution >= 4 is 11.5 Å². The van der Waals surface area contributed by atoms with Crippen molar-refractivity contribution in [3.05, 3.63) is 66.0 Å². The van der Waals surface area contributed by atoms with Gasteiger partial charge in [-0.2, -0.15) is 0 Å². The smallest absolute Gasteiger partial charge is 0.312 e. The molecule has 0 spiro atoms. The van der Waals surface area contributed by atoms with E-state index >= 15 is 0 Å². The average molecular weight is 255 g/mol. The minimum Gasteiger partial charge on any atom is -0.461 e. The summed E-state index contributed by atoms with van der Waals surface area (Å²) in [5.41, 5.74) is 3.96. The molecule has 0 radical (unpaired) electrons. The van der Waals surface area contributed by atoms with Crippen molar-refractivity contribution in [1.29, 1.82) is 0 Å². The Morgan fingerprint density at radius 2 is 2.00 bits per heavy atom. The SMILES string of the molecule is C=C(C)c1ccc(COC(=O)Cc2ccc[nH]2)cc1. The number of nitrogens with one attached hydrogen (secondary N) is 1. The van der Waals surface area contributed by atoms with E-state index in [1.54, 1.807) is 6.20 Å². The van der Waals surface area contributed by atoms with Crippen molar-refractivity contribution in [2.45, 2.75) is 20.0 Å². The highest BCUT2D eigenvalue weighted by Gasteiger charge is 2.05. The van der Waals surface area contributed by atoms with Crippen LogP contribution in [0.2, 0.25) is 0 Å². The van der Waals surface area contributed by atoms with Crippen LogP contribution in [0.5, 0.6) is 0 Å². The van der Waals surface area contributed by atoms with E-state index in [1.165, 1.54) is 0 Å². The molecule has 1 N–H and O–H groups in total. The number of rotatable bonds is 5. The van der Waals surface area contributed by atoms with Crippen LogP contribution in [0.1, 0.15) is 23.7 Å². The second-order valence-corrected chi connectivity index (χ2v) is 4.51. The first kappa shape index (κ1) is 13.1. The second-order valence-electron chi connectivity index (χ2n) is 4.51. The number of carbonyl (C=O) groups is 1. The number of allylic oxidation sites excluding steroid dienone is 1. The number of carbonyl (C=O) groups excluding carboxylic acids is 1. The molecule has 0 aliphatic carbocycles. The molecule has 0 amide bonds. The van der Waals surface area contributed by atoms with Crippen LogP contribution >= 0.6 is 0 Å². The largest absolute Gasteiger partial charge is 0.461 e. The van der Waals surface area contributed by atoms with Gasteiger partial charge in [-0.05, 0) is 30.2 Å². The zero-order valence-electron chi connectivity index (χ0n) is 11.0. The van der Waals surface area contributed by atoms with Gasteiger partial charge in [0.05, 0.1) is 6.42 Å². The normalized spacial score (nSPS) is 10.2. The van der Waals surface area contributed by atoms with E-state index < -0.39 is 0 Å². The van der Waals surface area contributed by atoms with Crippen LogP contribution in [-0.2, 0) is 22.6 Å². The Morgan fingerprint density at radius 1 is 1.26 bits per heavy atom. The second kappa shape index (κ2) is 6.05. The molecule has 3 heteroatoms. The van der Waals surface area contributed by atoms with Crippen molar-refractivity contribution in [2.75, 3.05) is 0 Å². The van der Waals surface area contributed by atoms with Crippen molar-refractivity contribution in [3.8, 4) is 0 Å². The minimum absolute atomic E-state index is 0.230. The molecule has 0 saturated heterocycles. The molecule has 3 nitrogen and oxygen atoms in total. The lowest BCUT2D eigenvalue weighted by atomic mass is 10.1. The molecule has 0 saturated carbocycles. The fourth-order valence-electron chi connectivity index (χ4n) is 1.73. The van der Waals surface area contributed by atoms with E-state index in [4.69, 9.17) is 4.74 Å². The Hall–Kier alpha value is -2.29. The Bertz CT molecular complexity index is 553. The van der Waals surface area contributed by atoms with Crippen LogP contribution in [-0.4, -0.2) is 11.0 Å². The molecule has 2 rings (SSSR count). The third-order valence-electron chi connectivity index (χ3n) is 2.84. The number of aromatic amines is 1. The standard InChI is InChI=1S/C16H17NO2/c1-12(2)14-7-5-13(6-8-14)11-19-16(18)10-15-4-3-9-17-15/h3-9,17H,1,10-11H2,2H3. The summed E-state index contributed by atoms with van der Waals surface area (Å²) in [4.78, 5) is 14.6. The van der Waals surface area contributed by atoms with Crippen molar-refractivity contribution in [3.63, 3.8) is 0 Å². The van der Waals surface area contributed by atoms with E-state index in [0.29, 0.717) is 6.61 Å². The third kappa shape index (κ3) is 3.85. The van der Waals surface area contributed by atoms with Crippen molar-refractivity contribution < 1.29 is 9.53 Å². The van der Waals surface area contributed by atoms with Gasteiger partial charge < -0.3 is 9.72 Å². The predicted molar refractivity (Wildman–Crippen MR) is 75.4 cm³/mol. The molecule has 0 aliphatic heterocycles. The topological polar surface area (TPSA) is 42.1 Å². The number of aromatic nitrogens is 1. The zero-order valence-corrected chi connectivity index (χ0v) is 11.0. The minimum atomic E-state index is -0.230. The highest BCUT2D eigenvalue weighted by molar-refractivity contribution is 5.72. The first-order valence-electron chi connectivity index (χ1n) is 6.18. The average Bonchev–Trinajstić information content (AvgIpc) is 2.89. The van der Waals surface area contributed by atoms with Gasteiger partial charge in [0.1, 0.15) is 6.61 Å². The Labute approximate surface area is 112 Å². The lowest BCUT2D eigenvalue weighted by Crippen LogP contribution is -2.08. The van der Waals surface area contributed by atoms with Gasteiger partial charge in [-0.3, -0.25) is 4.79 Å². The Morgan fingerprint density at radius 3 is 2.58 bits per heavy atom. The maximum atomic E-state index is 11.6. The van der Waals surface area contributed by atoms with E-state index in [-0.39, 0.29) is 12.4 Å². The molecular formula is C16H17NO2. The molecule has 2 aromatic rings. The van der Waals surface area contributed by atoms with Crippen LogP contribution in [0.4, 0.5) is 0 Å². The first-order chi connectivity index (χ1) is 9.15. The molecule has 0 aliphatic rings. The Balaban J connectivity index is 1.84. The van der Waals surface area contributed by atoms with Gasteiger partial charge in [-0.1, -0.05) is 36.4 Å².